The van der Waals surface area contributed by atoms with E-state index in [2.05, 4.69) is 96.1 Å². The van der Waals surface area contributed by atoms with Crippen LogP contribution in [0, 0.1) is 6.92 Å². The van der Waals surface area contributed by atoms with E-state index in [-0.39, 0.29) is 11.8 Å². The number of ketones is 1. The van der Waals surface area contributed by atoms with Crippen molar-refractivity contribution in [1.29, 1.82) is 0 Å². The topological polar surface area (TPSA) is 45.0 Å². The van der Waals surface area contributed by atoms with Crippen LogP contribution in [0.1, 0.15) is 47.6 Å². The highest BCUT2D eigenvalue weighted by Crippen LogP contribution is 2.23. The summed E-state index contributed by atoms with van der Waals surface area (Å²) in [4.78, 5) is 18.8. The standard InChI is InChI=1S/C38H48N3O3/c1-5-33-25-32(12-11-29(33)2)27-40-20-22-41(23-21-40)36-28-39(3)34(16-13-30-9-7-6-8-10-30)26-37(42)38(36)44-24-19-31-14-17-35(43-4)18-15-31/h6-12,14-15,17-18,25,28,34H,5,13,16,19-24,26-27H2,1-4H3/q+1. The largest absolute Gasteiger partial charge is 0.497 e. The van der Waals surface area contributed by atoms with E-state index in [1.165, 1.54) is 22.3 Å². The molecule has 0 spiro atoms. The van der Waals surface area contributed by atoms with Gasteiger partial charge in [0.25, 0.3) is 0 Å². The average Bonchev–Trinajstić information content (AvgIpc) is 3.17. The number of aryl methyl sites for hydroxylation is 3. The number of allylic oxidation sites excluding steroid dienone is 2. The second-order valence-corrected chi connectivity index (χ2v) is 12.1. The third-order valence-corrected chi connectivity index (χ3v) is 9.13. The molecule has 2 aliphatic heterocycles. The van der Waals surface area contributed by atoms with Crippen molar-refractivity contribution < 1.29 is 18.8 Å². The highest BCUT2D eigenvalue weighted by Gasteiger charge is 2.34. The molecule has 5 rings (SSSR count). The van der Waals surface area contributed by atoms with Gasteiger partial charge in [0.05, 0.1) is 20.1 Å². The Kier molecular flexibility index (Phi) is 10.9. The minimum Gasteiger partial charge on any atom is -0.497 e. The van der Waals surface area contributed by atoms with E-state index >= 15 is 0 Å². The number of piperazine rings is 1. The number of methoxy groups -OCH3 is 1. The molecular weight excluding hydrogens is 546 g/mol. The third kappa shape index (κ3) is 8.17. The van der Waals surface area contributed by atoms with Crippen molar-refractivity contribution in [2.75, 3.05) is 46.9 Å². The van der Waals surface area contributed by atoms with E-state index in [9.17, 15) is 4.79 Å². The Morgan fingerprint density at radius 2 is 1.59 bits per heavy atom. The summed E-state index contributed by atoms with van der Waals surface area (Å²) in [6.45, 7) is 9.44. The van der Waals surface area contributed by atoms with Gasteiger partial charge in [-0.05, 0) is 59.7 Å². The van der Waals surface area contributed by atoms with Crippen LogP contribution in [0.15, 0.2) is 84.3 Å². The molecule has 0 saturated carbocycles. The number of ether oxygens (including phenoxy) is 2. The maximum Gasteiger partial charge on any atom is 0.206 e. The van der Waals surface area contributed by atoms with Crippen LogP contribution in [-0.2, 0) is 35.3 Å². The normalized spacial score (nSPS) is 17.8. The van der Waals surface area contributed by atoms with Gasteiger partial charge in [-0.15, -0.1) is 0 Å². The molecule has 1 atom stereocenters. The van der Waals surface area contributed by atoms with E-state index in [1.54, 1.807) is 7.11 Å². The Morgan fingerprint density at radius 3 is 2.30 bits per heavy atom. The summed E-state index contributed by atoms with van der Waals surface area (Å²) in [7, 11) is 3.79. The van der Waals surface area contributed by atoms with E-state index in [0.29, 0.717) is 18.8 Å². The third-order valence-electron chi connectivity index (χ3n) is 9.13. The van der Waals surface area contributed by atoms with E-state index < -0.39 is 0 Å². The molecule has 0 radical (unpaired) electrons. The maximum absolute atomic E-state index is 13.9. The van der Waals surface area contributed by atoms with Gasteiger partial charge in [-0.25, -0.2) is 4.58 Å². The van der Waals surface area contributed by atoms with Crippen molar-refractivity contribution in [2.24, 2.45) is 0 Å². The first-order valence-corrected chi connectivity index (χ1v) is 16.1. The lowest BCUT2D eigenvalue weighted by molar-refractivity contribution is -0.533. The Bertz CT molecular complexity index is 1450. The Labute approximate surface area is 263 Å². The molecule has 2 heterocycles. The fourth-order valence-corrected chi connectivity index (χ4v) is 6.29. The first kappa shape index (κ1) is 31.5. The van der Waals surface area contributed by atoms with Gasteiger partial charge in [-0.2, -0.15) is 0 Å². The number of carbonyl (C=O) groups is 1. The van der Waals surface area contributed by atoms with Crippen molar-refractivity contribution in [2.45, 2.75) is 58.5 Å². The van der Waals surface area contributed by atoms with Gasteiger partial charge in [-0.1, -0.05) is 67.6 Å². The van der Waals surface area contributed by atoms with Crippen LogP contribution in [-0.4, -0.2) is 79.4 Å². The molecule has 6 nitrogen and oxygen atoms in total. The number of hydrogen-bond acceptors (Lipinski definition) is 5. The molecule has 0 bridgehead atoms. The molecule has 0 aromatic heterocycles. The minimum atomic E-state index is 0.0996. The van der Waals surface area contributed by atoms with Gasteiger partial charge >= 0.3 is 0 Å². The highest BCUT2D eigenvalue weighted by atomic mass is 16.5. The van der Waals surface area contributed by atoms with Crippen molar-refractivity contribution in [3.05, 3.63) is 112 Å². The molecule has 1 saturated heterocycles. The van der Waals surface area contributed by atoms with Crippen LogP contribution in [0.25, 0.3) is 0 Å². The summed E-state index contributed by atoms with van der Waals surface area (Å²) < 4.78 is 14.0. The molecule has 6 heteroatoms. The molecule has 2 aliphatic rings. The summed E-state index contributed by atoms with van der Waals surface area (Å²) in [6, 6.07) is 25.6. The predicted molar refractivity (Wildman–Crippen MR) is 178 cm³/mol. The zero-order valence-electron chi connectivity index (χ0n) is 26.9. The quantitative estimate of drug-likeness (QED) is 0.247. The number of rotatable bonds is 12. The first-order chi connectivity index (χ1) is 21.4. The van der Waals surface area contributed by atoms with Gasteiger partial charge in [0, 0.05) is 45.6 Å². The van der Waals surface area contributed by atoms with Crippen LogP contribution < -0.4 is 4.74 Å². The van der Waals surface area contributed by atoms with Gasteiger partial charge in [-0.3, -0.25) is 9.69 Å². The fourth-order valence-electron chi connectivity index (χ4n) is 6.29. The summed E-state index contributed by atoms with van der Waals surface area (Å²) in [5.74, 6) is 1.46. The van der Waals surface area contributed by atoms with Gasteiger partial charge < -0.3 is 14.4 Å². The van der Waals surface area contributed by atoms with E-state index in [1.807, 2.05) is 18.2 Å². The minimum absolute atomic E-state index is 0.0996. The van der Waals surface area contributed by atoms with E-state index in [0.717, 1.165) is 75.4 Å². The van der Waals surface area contributed by atoms with Crippen LogP contribution in [0.4, 0.5) is 0 Å². The molecule has 232 valence electrons. The summed E-state index contributed by atoms with van der Waals surface area (Å²) >= 11 is 0. The van der Waals surface area contributed by atoms with Crippen molar-refractivity contribution in [1.82, 2.24) is 9.80 Å². The van der Waals surface area contributed by atoms with E-state index in [4.69, 9.17) is 9.47 Å². The van der Waals surface area contributed by atoms with Crippen LogP contribution in [0.5, 0.6) is 5.75 Å². The number of benzene rings is 3. The summed E-state index contributed by atoms with van der Waals surface area (Å²) in [5.41, 5.74) is 7.56. The zero-order valence-corrected chi connectivity index (χ0v) is 26.9. The highest BCUT2D eigenvalue weighted by molar-refractivity contribution is 5.99. The molecule has 1 fully saturated rings. The van der Waals surface area contributed by atoms with Crippen LogP contribution in [0.2, 0.25) is 0 Å². The lowest BCUT2D eigenvalue weighted by Gasteiger charge is -2.36. The number of Topliss-reactive ketones (excluding diaryl/α,β-unsaturated/α-hetero) is 1. The van der Waals surface area contributed by atoms with Gasteiger partial charge in [0.15, 0.2) is 18.0 Å². The molecule has 3 aromatic carbocycles. The number of hydrogen-bond donors (Lipinski definition) is 0. The first-order valence-electron chi connectivity index (χ1n) is 16.1. The number of nitrogens with zero attached hydrogens (tertiary/aromatic N) is 3. The number of carbonyl (C=O) groups excluding carboxylic acids is 1. The molecule has 1 unspecified atom stereocenters. The van der Waals surface area contributed by atoms with Gasteiger partial charge in [0.2, 0.25) is 5.78 Å². The zero-order chi connectivity index (χ0) is 30.9. The lowest BCUT2D eigenvalue weighted by Crippen LogP contribution is -2.46. The Balaban J connectivity index is 1.30. The van der Waals surface area contributed by atoms with Gasteiger partial charge in [0.1, 0.15) is 18.5 Å². The molecule has 44 heavy (non-hydrogen) atoms. The van der Waals surface area contributed by atoms with Crippen LogP contribution in [0.3, 0.4) is 0 Å². The Hall–Kier alpha value is -3.90. The Morgan fingerprint density at radius 1 is 0.886 bits per heavy atom. The second kappa shape index (κ2) is 15.2. The van der Waals surface area contributed by atoms with Crippen molar-refractivity contribution in [3.8, 4) is 5.75 Å². The molecular formula is C38H48N3O3+. The smallest absolute Gasteiger partial charge is 0.206 e. The second-order valence-electron chi connectivity index (χ2n) is 12.1. The van der Waals surface area contributed by atoms with Crippen LogP contribution >= 0.6 is 0 Å². The summed E-state index contributed by atoms with van der Waals surface area (Å²) in [5, 5.41) is 0. The monoisotopic (exact) mass is 594 g/mol. The fraction of sp³-hybridized carbons (Fsp3) is 0.421. The maximum atomic E-state index is 13.9. The molecule has 3 aromatic rings. The molecule has 0 N–H and O–H groups in total. The summed E-state index contributed by atoms with van der Waals surface area (Å²) in [6.07, 6.45) is 6.27. The SMILES string of the molecule is CCc1cc(CN2CCN(C3=C(OCCc4ccc(OC)cc4)C(=O)CC(CCc4ccccc4)[N+](C)=C3)CC2)ccc1C. The molecule has 0 amide bonds. The predicted octanol–water partition coefficient (Wildman–Crippen LogP) is 5.84. The van der Waals surface area contributed by atoms with Crippen molar-refractivity contribution in [3.63, 3.8) is 0 Å². The van der Waals surface area contributed by atoms with Crippen molar-refractivity contribution >= 4 is 12.0 Å². The lowest BCUT2D eigenvalue weighted by atomic mass is 10.0. The average molecular weight is 595 g/mol. The molecule has 0 aliphatic carbocycles.